The Labute approximate surface area is 80.8 Å². The zero-order valence-corrected chi connectivity index (χ0v) is 8.21. The van der Waals surface area contributed by atoms with Gasteiger partial charge < -0.3 is 4.74 Å². The number of carbonyl (C=O) groups is 1. The molecule has 0 aromatic carbocycles. The average Bonchev–Trinajstić information content (AvgIpc) is 2.74. The Kier molecular flexibility index (Phi) is 2.31. The first-order chi connectivity index (χ1) is 6.33. The summed E-state index contributed by atoms with van der Waals surface area (Å²) < 4.78 is 4.94. The maximum absolute atomic E-state index is 11.3. The Balaban J connectivity index is 1.92. The lowest BCUT2D eigenvalue weighted by Crippen LogP contribution is -2.06. The van der Waals surface area contributed by atoms with Crippen LogP contribution in [0.5, 0.6) is 0 Å². The summed E-state index contributed by atoms with van der Waals surface area (Å²) in [6.07, 6.45) is 2.77. The normalized spacial score (nSPS) is 25.6. The lowest BCUT2D eigenvalue weighted by atomic mass is 10.3. The topological polar surface area (TPSA) is 39.2 Å². The van der Waals surface area contributed by atoms with Crippen LogP contribution < -0.4 is 0 Å². The molecule has 1 fully saturated rings. The number of hydrogen-bond donors (Lipinski definition) is 0. The summed E-state index contributed by atoms with van der Waals surface area (Å²) in [5.74, 6) is 0.424. The van der Waals surface area contributed by atoms with Crippen molar-refractivity contribution >= 4 is 17.3 Å². The van der Waals surface area contributed by atoms with E-state index >= 15 is 0 Å². The van der Waals surface area contributed by atoms with E-state index < -0.39 is 0 Å². The van der Waals surface area contributed by atoms with Crippen molar-refractivity contribution in [3.8, 4) is 0 Å². The van der Waals surface area contributed by atoms with Crippen LogP contribution in [0.25, 0.3) is 0 Å². The predicted octanol–water partition coefficient (Wildman–Crippen LogP) is 1.81. The molecule has 1 heterocycles. The first-order valence-electron chi connectivity index (χ1n) is 4.38. The molecule has 3 nitrogen and oxygen atoms in total. The second-order valence-electron chi connectivity index (χ2n) is 3.10. The van der Waals surface area contributed by atoms with Gasteiger partial charge in [0.25, 0.3) is 0 Å². The van der Waals surface area contributed by atoms with Crippen molar-refractivity contribution in [2.75, 3.05) is 6.61 Å². The van der Waals surface area contributed by atoms with Crippen molar-refractivity contribution < 1.29 is 9.53 Å². The smallest absolute Gasteiger partial charge is 0.309 e. The number of rotatable bonds is 3. The van der Waals surface area contributed by atoms with Gasteiger partial charge in [0, 0.05) is 17.0 Å². The molecule has 4 heteroatoms. The minimum absolute atomic E-state index is 0.0547. The van der Waals surface area contributed by atoms with Crippen LogP contribution in [-0.2, 0) is 9.53 Å². The zero-order chi connectivity index (χ0) is 9.26. The molecular formula is C9H11NO2S. The Bertz CT molecular complexity index is 297. The molecule has 2 rings (SSSR count). The molecule has 0 aliphatic heterocycles. The minimum atomic E-state index is -0.0547. The Hall–Kier alpha value is -0.900. The SMILES string of the molecule is CCOC(=O)C1CC1c1cncs1. The molecule has 1 saturated carbocycles. The van der Waals surface area contributed by atoms with Crippen molar-refractivity contribution in [3.63, 3.8) is 0 Å². The molecular weight excluding hydrogens is 186 g/mol. The summed E-state index contributed by atoms with van der Waals surface area (Å²) in [6, 6.07) is 0. The first-order valence-corrected chi connectivity index (χ1v) is 5.26. The molecule has 13 heavy (non-hydrogen) atoms. The fraction of sp³-hybridized carbons (Fsp3) is 0.556. The van der Waals surface area contributed by atoms with E-state index in [0.717, 1.165) is 6.42 Å². The van der Waals surface area contributed by atoms with Crippen molar-refractivity contribution in [1.29, 1.82) is 0 Å². The summed E-state index contributed by atoms with van der Waals surface area (Å²) in [5.41, 5.74) is 1.80. The Morgan fingerprint density at radius 1 is 1.85 bits per heavy atom. The number of hydrogen-bond acceptors (Lipinski definition) is 4. The average molecular weight is 197 g/mol. The van der Waals surface area contributed by atoms with Gasteiger partial charge in [0.2, 0.25) is 0 Å². The van der Waals surface area contributed by atoms with Crippen molar-refractivity contribution in [2.45, 2.75) is 19.3 Å². The van der Waals surface area contributed by atoms with Gasteiger partial charge in [-0.05, 0) is 13.3 Å². The lowest BCUT2D eigenvalue weighted by Gasteiger charge is -1.98. The minimum Gasteiger partial charge on any atom is -0.466 e. The van der Waals surface area contributed by atoms with Gasteiger partial charge in [0.05, 0.1) is 18.0 Å². The number of thiazole rings is 1. The Morgan fingerprint density at radius 3 is 3.31 bits per heavy atom. The van der Waals surface area contributed by atoms with Gasteiger partial charge in [-0.2, -0.15) is 0 Å². The standard InChI is InChI=1S/C9H11NO2S/c1-2-12-9(11)7-3-6(7)8-4-10-5-13-8/h4-7H,2-3H2,1H3. The molecule has 1 aromatic rings. The predicted molar refractivity (Wildman–Crippen MR) is 49.6 cm³/mol. The fourth-order valence-electron chi connectivity index (χ4n) is 1.43. The Morgan fingerprint density at radius 2 is 2.69 bits per heavy atom. The van der Waals surface area contributed by atoms with Crippen LogP contribution in [0, 0.1) is 5.92 Å². The van der Waals surface area contributed by atoms with E-state index in [1.807, 2.05) is 13.1 Å². The molecule has 0 saturated heterocycles. The molecule has 2 atom stereocenters. The lowest BCUT2D eigenvalue weighted by molar-refractivity contribution is -0.144. The molecule has 0 spiro atoms. The van der Waals surface area contributed by atoms with Gasteiger partial charge in [0.15, 0.2) is 0 Å². The van der Waals surface area contributed by atoms with E-state index in [1.165, 1.54) is 4.88 Å². The molecule has 1 aromatic heterocycles. The molecule has 0 radical (unpaired) electrons. The summed E-state index contributed by atoms with van der Waals surface area (Å²) in [5, 5.41) is 0. The van der Waals surface area contributed by atoms with E-state index in [4.69, 9.17) is 4.74 Å². The summed E-state index contributed by atoms with van der Waals surface area (Å²) in [7, 11) is 0. The number of carbonyl (C=O) groups excluding carboxylic acids is 1. The van der Waals surface area contributed by atoms with E-state index in [0.29, 0.717) is 12.5 Å². The highest BCUT2D eigenvalue weighted by atomic mass is 32.1. The molecule has 0 bridgehead atoms. The highest BCUT2D eigenvalue weighted by molar-refractivity contribution is 7.09. The number of nitrogens with zero attached hydrogens (tertiary/aromatic N) is 1. The van der Waals surface area contributed by atoms with Crippen LogP contribution in [0.2, 0.25) is 0 Å². The highest BCUT2D eigenvalue weighted by Gasteiger charge is 2.45. The second-order valence-corrected chi connectivity index (χ2v) is 4.02. The van der Waals surface area contributed by atoms with Crippen LogP contribution >= 0.6 is 11.3 Å². The summed E-state index contributed by atoms with van der Waals surface area (Å²) in [6.45, 7) is 2.31. The van der Waals surface area contributed by atoms with Crippen LogP contribution in [0.1, 0.15) is 24.1 Å². The third kappa shape index (κ3) is 1.72. The summed E-state index contributed by atoms with van der Waals surface area (Å²) in [4.78, 5) is 16.5. The largest absolute Gasteiger partial charge is 0.466 e. The zero-order valence-electron chi connectivity index (χ0n) is 7.40. The monoisotopic (exact) mass is 197 g/mol. The van der Waals surface area contributed by atoms with E-state index in [9.17, 15) is 4.79 Å². The number of ether oxygens (including phenoxy) is 1. The van der Waals surface area contributed by atoms with Gasteiger partial charge in [-0.3, -0.25) is 9.78 Å². The van der Waals surface area contributed by atoms with Gasteiger partial charge >= 0.3 is 5.97 Å². The van der Waals surface area contributed by atoms with Crippen LogP contribution in [-0.4, -0.2) is 17.6 Å². The molecule has 0 amide bonds. The van der Waals surface area contributed by atoms with Crippen LogP contribution in [0.3, 0.4) is 0 Å². The van der Waals surface area contributed by atoms with Crippen molar-refractivity contribution in [3.05, 3.63) is 16.6 Å². The highest BCUT2D eigenvalue weighted by Crippen LogP contribution is 2.49. The third-order valence-corrected chi connectivity index (χ3v) is 3.10. The van der Waals surface area contributed by atoms with Gasteiger partial charge in [-0.15, -0.1) is 11.3 Å². The third-order valence-electron chi connectivity index (χ3n) is 2.20. The molecule has 0 N–H and O–H groups in total. The molecule has 1 aliphatic carbocycles. The first kappa shape index (κ1) is 8.69. The molecule has 2 unspecified atom stereocenters. The number of aromatic nitrogens is 1. The fourth-order valence-corrected chi connectivity index (χ4v) is 2.23. The summed E-state index contributed by atoms with van der Waals surface area (Å²) >= 11 is 1.61. The number of esters is 1. The van der Waals surface area contributed by atoms with E-state index in [2.05, 4.69) is 4.98 Å². The molecule has 70 valence electrons. The quantitative estimate of drug-likeness (QED) is 0.694. The maximum Gasteiger partial charge on any atom is 0.309 e. The van der Waals surface area contributed by atoms with Crippen molar-refractivity contribution in [2.24, 2.45) is 5.92 Å². The van der Waals surface area contributed by atoms with E-state index in [-0.39, 0.29) is 11.9 Å². The van der Waals surface area contributed by atoms with Crippen LogP contribution in [0.4, 0.5) is 0 Å². The molecule has 1 aliphatic rings. The van der Waals surface area contributed by atoms with Crippen molar-refractivity contribution in [1.82, 2.24) is 4.98 Å². The maximum atomic E-state index is 11.3. The van der Waals surface area contributed by atoms with E-state index in [1.54, 1.807) is 16.8 Å². The van der Waals surface area contributed by atoms with Gasteiger partial charge in [-0.25, -0.2) is 0 Å². The van der Waals surface area contributed by atoms with Gasteiger partial charge in [0.1, 0.15) is 0 Å². The van der Waals surface area contributed by atoms with Gasteiger partial charge in [-0.1, -0.05) is 0 Å². The second kappa shape index (κ2) is 3.46. The van der Waals surface area contributed by atoms with Crippen LogP contribution in [0.15, 0.2) is 11.7 Å².